The highest BCUT2D eigenvalue weighted by molar-refractivity contribution is 14.1. The first-order valence-corrected chi connectivity index (χ1v) is 8.24. The molecule has 0 fully saturated rings. The Morgan fingerprint density at radius 2 is 1.84 bits per heavy atom. The van der Waals surface area contributed by atoms with Gasteiger partial charge in [0.15, 0.2) is 0 Å². The molecule has 1 unspecified atom stereocenters. The summed E-state index contributed by atoms with van der Waals surface area (Å²) >= 11 is 4.14. The van der Waals surface area contributed by atoms with Gasteiger partial charge in [0.05, 0.1) is 15.0 Å². The molecule has 2 rings (SSSR count). The molecule has 4 heteroatoms. The number of benzene rings is 1. The lowest BCUT2D eigenvalue weighted by atomic mass is 10.0. The summed E-state index contributed by atoms with van der Waals surface area (Å²) < 4.78 is 6.99. The predicted molar refractivity (Wildman–Crippen MR) is 90.1 cm³/mol. The van der Waals surface area contributed by atoms with Gasteiger partial charge < -0.3 is 10.1 Å². The number of hydrogen-bond donors (Lipinski definition) is 1. The normalized spacial score (nSPS) is 12.7. The fourth-order valence-corrected chi connectivity index (χ4v) is 3.41. The van der Waals surface area contributed by atoms with E-state index < -0.39 is 0 Å². The number of halogens is 1. The minimum absolute atomic E-state index is 0.212. The number of rotatable bonds is 5. The standard InChI is InChI=1S/C15H18INOS/c1-10(2)18-13-6-4-11(5-7-13)15(17-3)12-8-14(16)19-9-12/h4-10,15,17H,1-3H3. The van der Waals surface area contributed by atoms with Gasteiger partial charge in [-0.3, -0.25) is 0 Å². The summed E-state index contributed by atoms with van der Waals surface area (Å²) in [5, 5.41) is 5.58. The highest BCUT2D eigenvalue weighted by Crippen LogP contribution is 2.28. The molecule has 0 saturated carbocycles. The average molecular weight is 387 g/mol. The molecule has 1 aromatic carbocycles. The van der Waals surface area contributed by atoms with Gasteiger partial charge in [-0.05, 0) is 78.2 Å². The number of ether oxygens (including phenoxy) is 1. The van der Waals surface area contributed by atoms with E-state index in [1.165, 1.54) is 14.0 Å². The van der Waals surface area contributed by atoms with E-state index in [9.17, 15) is 0 Å². The zero-order valence-corrected chi connectivity index (χ0v) is 14.3. The van der Waals surface area contributed by atoms with Crippen molar-refractivity contribution >= 4 is 33.9 Å². The summed E-state index contributed by atoms with van der Waals surface area (Å²) in [5.41, 5.74) is 2.57. The molecule has 0 amide bonds. The fourth-order valence-electron chi connectivity index (χ4n) is 2.01. The molecular formula is C15H18INOS. The van der Waals surface area contributed by atoms with Crippen LogP contribution in [0.4, 0.5) is 0 Å². The third-order valence-electron chi connectivity index (χ3n) is 2.79. The van der Waals surface area contributed by atoms with Crippen LogP contribution in [-0.2, 0) is 0 Å². The third kappa shape index (κ3) is 3.94. The third-order valence-corrected chi connectivity index (χ3v) is 4.60. The Labute approximate surface area is 132 Å². The molecular weight excluding hydrogens is 369 g/mol. The Morgan fingerprint density at radius 3 is 2.32 bits per heavy atom. The highest BCUT2D eigenvalue weighted by atomic mass is 127. The lowest BCUT2D eigenvalue weighted by Gasteiger charge is -2.16. The minimum atomic E-state index is 0.212. The van der Waals surface area contributed by atoms with Gasteiger partial charge in [0.1, 0.15) is 5.75 Å². The van der Waals surface area contributed by atoms with Crippen molar-refractivity contribution in [2.75, 3.05) is 7.05 Å². The first-order valence-electron chi connectivity index (χ1n) is 6.28. The first-order chi connectivity index (χ1) is 9.10. The van der Waals surface area contributed by atoms with Crippen LogP contribution in [0.3, 0.4) is 0 Å². The molecule has 1 atom stereocenters. The Bertz CT molecular complexity index is 521. The van der Waals surface area contributed by atoms with Gasteiger partial charge in [0, 0.05) is 0 Å². The average Bonchev–Trinajstić information content (AvgIpc) is 2.78. The van der Waals surface area contributed by atoms with Gasteiger partial charge in [0.2, 0.25) is 0 Å². The van der Waals surface area contributed by atoms with Crippen LogP contribution in [0, 0.1) is 2.88 Å². The Kier molecular flexibility index (Phi) is 5.24. The van der Waals surface area contributed by atoms with Crippen LogP contribution >= 0.6 is 33.9 Å². The Hall–Kier alpha value is -0.590. The Balaban J connectivity index is 2.19. The van der Waals surface area contributed by atoms with E-state index >= 15 is 0 Å². The monoisotopic (exact) mass is 387 g/mol. The van der Waals surface area contributed by atoms with Crippen molar-refractivity contribution in [1.82, 2.24) is 5.32 Å². The first kappa shape index (κ1) is 14.8. The summed E-state index contributed by atoms with van der Waals surface area (Å²) in [4.78, 5) is 0. The maximum absolute atomic E-state index is 5.67. The Morgan fingerprint density at radius 1 is 1.16 bits per heavy atom. The molecule has 2 aromatic rings. The SMILES string of the molecule is CNC(c1ccc(OC(C)C)cc1)c1csc(I)c1. The van der Waals surface area contributed by atoms with Crippen LogP contribution in [0.2, 0.25) is 0 Å². The molecule has 0 bridgehead atoms. The van der Waals surface area contributed by atoms with Crippen LogP contribution in [0.25, 0.3) is 0 Å². The second kappa shape index (κ2) is 6.72. The number of thiophene rings is 1. The van der Waals surface area contributed by atoms with E-state index in [0.717, 1.165) is 5.75 Å². The van der Waals surface area contributed by atoms with E-state index in [1.807, 2.05) is 33.0 Å². The molecule has 0 spiro atoms. The molecule has 102 valence electrons. The van der Waals surface area contributed by atoms with Crippen LogP contribution in [0.1, 0.15) is 31.0 Å². The summed E-state index contributed by atoms with van der Waals surface area (Å²) in [7, 11) is 1.99. The summed E-state index contributed by atoms with van der Waals surface area (Å²) in [6.07, 6.45) is 0.212. The van der Waals surface area contributed by atoms with Crippen molar-refractivity contribution in [2.45, 2.75) is 26.0 Å². The van der Waals surface area contributed by atoms with Crippen LogP contribution in [0.15, 0.2) is 35.7 Å². The second-order valence-corrected chi connectivity index (χ2v) is 7.45. The van der Waals surface area contributed by atoms with Crippen molar-refractivity contribution in [1.29, 1.82) is 0 Å². The number of hydrogen-bond acceptors (Lipinski definition) is 3. The topological polar surface area (TPSA) is 21.3 Å². The van der Waals surface area contributed by atoms with Crippen molar-refractivity contribution in [3.8, 4) is 5.75 Å². The molecule has 0 saturated heterocycles. The van der Waals surface area contributed by atoms with E-state index in [4.69, 9.17) is 4.74 Å². The van der Waals surface area contributed by atoms with E-state index in [2.05, 4.69) is 51.5 Å². The van der Waals surface area contributed by atoms with Crippen molar-refractivity contribution in [3.63, 3.8) is 0 Å². The van der Waals surface area contributed by atoms with Crippen molar-refractivity contribution < 1.29 is 4.74 Å². The van der Waals surface area contributed by atoms with Gasteiger partial charge in [-0.25, -0.2) is 0 Å². The van der Waals surface area contributed by atoms with E-state index in [-0.39, 0.29) is 12.1 Å². The van der Waals surface area contributed by atoms with Crippen molar-refractivity contribution in [3.05, 3.63) is 49.7 Å². The fraction of sp³-hybridized carbons (Fsp3) is 0.333. The number of nitrogens with one attached hydrogen (secondary N) is 1. The molecule has 0 aliphatic heterocycles. The summed E-state index contributed by atoms with van der Waals surface area (Å²) in [5.74, 6) is 0.925. The second-order valence-electron chi connectivity index (χ2n) is 4.64. The predicted octanol–water partition coefficient (Wildman–Crippen LogP) is 4.45. The van der Waals surface area contributed by atoms with Gasteiger partial charge in [-0.15, -0.1) is 11.3 Å². The molecule has 1 N–H and O–H groups in total. The molecule has 0 aliphatic rings. The van der Waals surface area contributed by atoms with Crippen LogP contribution in [-0.4, -0.2) is 13.2 Å². The molecule has 0 radical (unpaired) electrons. The van der Waals surface area contributed by atoms with Gasteiger partial charge in [0.25, 0.3) is 0 Å². The van der Waals surface area contributed by atoms with E-state index in [0.29, 0.717) is 0 Å². The zero-order valence-electron chi connectivity index (χ0n) is 11.3. The van der Waals surface area contributed by atoms with E-state index in [1.54, 1.807) is 11.3 Å². The summed E-state index contributed by atoms with van der Waals surface area (Å²) in [6.45, 7) is 4.08. The molecule has 1 heterocycles. The van der Waals surface area contributed by atoms with Gasteiger partial charge in [-0.2, -0.15) is 0 Å². The minimum Gasteiger partial charge on any atom is -0.491 e. The smallest absolute Gasteiger partial charge is 0.119 e. The zero-order chi connectivity index (χ0) is 13.8. The molecule has 0 aliphatic carbocycles. The van der Waals surface area contributed by atoms with Crippen LogP contribution < -0.4 is 10.1 Å². The quantitative estimate of drug-likeness (QED) is 0.766. The van der Waals surface area contributed by atoms with Gasteiger partial charge in [-0.1, -0.05) is 12.1 Å². The largest absolute Gasteiger partial charge is 0.491 e. The molecule has 1 aromatic heterocycles. The van der Waals surface area contributed by atoms with Gasteiger partial charge >= 0.3 is 0 Å². The lowest BCUT2D eigenvalue weighted by molar-refractivity contribution is 0.242. The van der Waals surface area contributed by atoms with Crippen molar-refractivity contribution in [2.24, 2.45) is 0 Å². The molecule has 2 nitrogen and oxygen atoms in total. The molecule has 19 heavy (non-hydrogen) atoms. The highest BCUT2D eigenvalue weighted by Gasteiger charge is 2.13. The maximum atomic E-state index is 5.67. The maximum Gasteiger partial charge on any atom is 0.119 e. The van der Waals surface area contributed by atoms with Crippen LogP contribution in [0.5, 0.6) is 5.75 Å². The summed E-state index contributed by atoms with van der Waals surface area (Å²) in [6, 6.07) is 10.8. The lowest BCUT2D eigenvalue weighted by Crippen LogP contribution is -2.17.